The van der Waals surface area contributed by atoms with Gasteiger partial charge in [0.15, 0.2) is 0 Å². The number of hydrazone groups is 1. The number of rotatable bonds is 10. The molecule has 1 aromatic rings. The first-order valence-electron chi connectivity index (χ1n) is 11.5. The van der Waals surface area contributed by atoms with Crippen LogP contribution in [0, 0.1) is 0 Å². The molecule has 0 heterocycles. The molecule has 0 aromatic heterocycles. The van der Waals surface area contributed by atoms with Crippen LogP contribution in [0.25, 0.3) is 0 Å². The molecule has 4 N–H and O–H groups in total. The maximum atomic E-state index is 12.2. The van der Waals surface area contributed by atoms with Crippen molar-refractivity contribution in [2.24, 2.45) is 5.10 Å². The number of unbranched alkanes of at least 4 members (excludes halogenated alkanes) is 2. The second-order valence-electron chi connectivity index (χ2n) is 9.41. The zero-order valence-corrected chi connectivity index (χ0v) is 19.8. The highest BCUT2D eigenvalue weighted by atomic mass is 16.6. The highest BCUT2D eigenvalue weighted by Gasteiger charge is 2.35. The number of phenols is 1. The van der Waals surface area contributed by atoms with Gasteiger partial charge in [-0.25, -0.2) is 10.2 Å². The van der Waals surface area contributed by atoms with Crippen molar-refractivity contribution < 1.29 is 24.2 Å². The van der Waals surface area contributed by atoms with Crippen molar-refractivity contribution in [2.75, 3.05) is 5.32 Å². The number of carbonyl (C=O) groups is 3. The number of hydrogen-bond donors (Lipinski definition) is 4. The van der Waals surface area contributed by atoms with Gasteiger partial charge in [-0.15, -0.1) is 0 Å². The number of amides is 3. The summed E-state index contributed by atoms with van der Waals surface area (Å²) in [7, 11) is 0. The molecular formula is C24H36N4O5. The van der Waals surface area contributed by atoms with Crippen molar-refractivity contribution in [1.82, 2.24) is 10.7 Å². The van der Waals surface area contributed by atoms with Crippen LogP contribution in [-0.2, 0) is 14.3 Å². The summed E-state index contributed by atoms with van der Waals surface area (Å²) in [5, 5.41) is 19.3. The molecule has 0 unspecified atom stereocenters. The number of hydrogen-bond acceptors (Lipinski definition) is 6. The van der Waals surface area contributed by atoms with E-state index in [4.69, 9.17) is 4.74 Å². The molecule has 182 valence electrons. The average molecular weight is 461 g/mol. The molecular weight excluding hydrogens is 424 g/mol. The Balaban J connectivity index is 1.65. The zero-order valence-electron chi connectivity index (χ0n) is 19.8. The molecule has 0 atom stereocenters. The van der Waals surface area contributed by atoms with Crippen molar-refractivity contribution >= 4 is 29.8 Å². The summed E-state index contributed by atoms with van der Waals surface area (Å²) >= 11 is 0. The standard InChI is InChI=1S/C24H36N4O5/c1-23(2,3)33-22(32)27-24(15-9-10-16-24)17-25-28-21(31)14-6-4-5-13-20(30)26-18-11-7-8-12-19(18)29/h7-8,11-12,17,29H,4-6,9-10,13-16H2,1-3H3,(H,26,30)(H,27,32)(H,28,31)/b25-17+. The first-order chi connectivity index (χ1) is 15.6. The number of benzene rings is 1. The van der Waals surface area contributed by atoms with E-state index in [9.17, 15) is 19.5 Å². The normalized spacial score (nSPS) is 15.2. The molecule has 2 rings (SSSR count). The predicted molar refractivity (Wildman–Crippen MR) is 127 cm³/mol. The van der Waals surface area contributed by atoms with E-state index in [1.807, 2.05) is 20.8 Å². The number of nitrogens with zero attached hydrogens (tertiary/aromatic N) is 1. The summed E-state index contributed by atoms with van der Waals surface area (Å²) in [6, 6.07) is 6.57. The lowest BCUT2D eigenvalue weighted by Gasteiger charge is -2.28. The van der Waals surface area contributed by atoms with Gasteiger partial charge in [0.25, 0.3) is 0 Å². The fourth-order valence-corrected chi connectivity index (χ4v) is 3.62. The van der Waals surface area contributed by atoms with E-state index in [1.54, 1.807) is 24.4 Å². The molecule has 33 heavy (non-hydrogen) atoms. The van der Waals surface area contributed by atoms with Crippen LogP contribution in [0.3, 0.4) is 0 Å². The minimum Gasteiger partial charge on any atom is -0.506 e. The second-order valence-corrected chi connectivity index (χ2v) is 9.41. The number of alkyl carbamates (subject to hydrolysis) is 1. The largest absolute Gasteiger partial charge is 0.506 e. The monoisotopic (exact) mass is 460 g/mol. The Morgan fingerprint density at radius 2 is 1.70 bits per heavy atom. The van der Waals surface area contributed by atoms with Gasteiger partial charge >= 0.3 is 6.09 Å². The maximum absolute atomic E-state index is 12.2. The summed E-state index contributed by atoms with van der Waals surface area (Å²) in [5.41, 5.74) is 1.73. The lowest BCUT2D eigenvalue weighted by molar-refractivity contribution is -0.121. The molecule has 1 aliphatic rings. The predicted octanol–water partition coefficient (Wildman–Crippen LogP) is 4.22. The Morgan fingerprint density at radius 3 is 2.33 bits per heavy atom. The van der Waals surface area contributed by atoms with Gasteiger partial charge in [0.2, 0.25) is 11.8 Å². The fraction of sp³-hybridized carbons (Fsp3) is 0.583. The van der Waals surface area contributed by atoms with Gasteiger partial charge in [0, 0.05) is 12.8 Å². The van der Waals surface area contributed by atoms with Gasteiger partial charge in [0.1, 0.15) is 11.4 Å². The van der Waals surface area contributed by atoms with E-state index in [0.717, 1.165) is 32.1 Å². The number of anilines is 1. The van der Waals surface area contributed by atoms with E-state index >= 15 is 0 Å². The van der Waals surface area contributed by atoms with Gasteiger partial charge in [-0.1, -0.05) is 31.4 Å². The smallest absolute Gasteiger partial charge is 0.408 e. The molecule has 0 radical (unpaired) electrons. The summed E-state index contributed by atoms with van der Waals surface area (Å²) in [6.07, 6.45) is 7.13. The van der Waals surface area contributed by atoms with Gasteiger partial charge in [-0.2, -0.15) is 5.10 Å². The molecule has 0 spiro atoms. The Kier molecular flexibility index (Phi) is 9.69. The number of ether oxygens (including phenoxy) is 1. The van der Waals surface area contributed by atoms with Crippen LogP contribution in [0.4, 0.5) is 10.5 Å². The Morgan fingerprint density at radius 1 is 1.06 bits per heavy atom. The Hall–Kier alpha value is -3.10. The third-order valence-electron chi connectivity index (χ3n) is 5.23. The van der Waals surface area contributed by atoms with Gasteiger partial charge in [0.05, 0.1) is 17.4 Å². The van der Waals surface area contributed by atoms with E-state index < -0.39 is 17.2 Å². The number of nitrogens with one attached hydrogen (secondary N) is 3. The quantitative estimate of drug-likeness (QED) is 0.180. The van der Waals surface area contributed by atoms with E-state index in [0.29, 0.717) is 31.4 Å². The van der Waals surface area contributed by atoms with E-state index in [-0.39, 0.29) is 17.6 Å². The molecule has 1 fully saturated rings. The lowest BCUT2D eigenvalue weighted by Crippen LogP contribution is -2.49. The Bertz CT molecular complexity index is 842. The van der Waals surface area contributed by atoms with Crippen LogP contribution in [0.2, 0.25) is 0 Å². The highest BCUT2D eigenvalue weighted by Crippen LogP contribution is 2.28. The van der Waals surface area contributed by atoms with Crippen LogP contribution < -0.4 is 16.1 Å². The molecule has 0 bridgehead atoms. The van der Waals surface area contributed by atoms with E-state index in [2.05, 4.69) is 21.2 Å². The highest BCUT2D eigenvalue weighted by molar-refractivity contribution is 5.92. The number of carbonyl (C=O) groups excluding carboxylic acids is 3. The number of phenolic OH excluding ortho intramolecular Hbond substituents is 1. The average Bonchev–Trinajstić information content (AvgIpc) is 3.16. The molecule has 9 heteroatoms. The first kappa shape index (κ1) is 26.2. The van der Waals surface area contributed by atoms with Gasteiger partial charge < -0.3 is 20.5 Å². The molecule has 1 aromatic carbocycles. The topological polar surface area (TPSA) is 129 Å². The maximum Gasteiger partial charge on any atom is 0.408 e. The Labute approximate surface area is 195 Å². The van der Waals surface area contributed by atoms with Crippen molar-refractivity contribution in [3.8, 4) is 5.75 Å². The zero-order chi connectivity index (χ0) is 24.3. The summed E-state index contributed by atoms with van der Waals surface area (Å²) in [5.74, 6) is -0.357. The molecule has 9 nitrogen and oxygen atoms in total. The second kappa shape index (κ2) is 12.2. The van der Waals surface area contributed by atoms with Crippen LogP contribution >= 0.6 is 0 Å². The lowest BCUT2D eigenvalue weighted by atomic mass is 10.00. The summed E-state index contributed by atoms with van der Waals surface area (Å²) < 4.78 is 5.34. The SMILES string of the molecule is CC(C)(C)OC(=O)NC1(/C=N/NC(=O)CCCCCC(=O)Nc2ccccc2O)CCCC1. The first-order valence-corrected chi connectivity index (χ1v) is 11.5. The van der Waals surface area contributed by atoms with Gasteiger partial charge in [-0.3, -0.25) is 9.59 Å². The van der Waals surface area contributed by atoms with Crippen LogP contribution in [0.5, 0.6) is 5.75 Å². The third-order valence-corrected chi connectivity index (χ3v) is 5.23. The third kappa shape index (κ3) is 9.93. The molecule has 1 saturated carbocycles. The van der Waals surface area contributed by atoms with Crippen LogP contribution in [0.1, 0.15) is 78.6 Å². The van der Waals surface area contributed by atoms with Crippen molar-refractivity contribution in [3.63, 3.8) is 0 Å². The van der Waals surface area contributed by atoms with Crippen molar-refractivity contribution in [1.29, 1.82) is 0 Å². The van der Waals surface area contributed by atoms with E-state index in [1.165, 1.54) is 6.07 Å². The minimum absolute atomic E-state index is 0.0313. The molecule has 3 amide bonds. The van der Waals surface area contributed by atoms with Crippen molar-refractivity contribution in [3.05, 3.63) is 24.3 Å². The minimum atomic E-state index is -0.601. The number of aromatic hydroxyl groups is 1. The summed E-state index contributed by atoms with van der Waals surface area (Å²) in [6.45, 7) is 5.42. The number of para-hydroxylation sites is 2. The van der Waals surface area contributed by atoms with Crippen molar-refractivity contribution in [2.45, 2.75) is 89.7 Å². The molecule has 0 saturated heterocycles. The van der Waals surface area contributed by atoms with Crippen LogP contribution in [0.15, 0.2) is 29.4 Å². The molecule has 0 aliphatic heterocycles. The van der Waals surface area contributed by atoms with Crippen LogP contribution in [-0.4, -0.2) is 40.4 Å². The fourth-order valence-electron chi connectivity index (χ4n) is 3.62. The van der Waals surface area contributed by atoms with Gasteiger partial charge in [-0.05, 0) is 58.6 Å². The molecule has 1 aliphatic carbocycles. The summed E-state index contributed by atoms with van der Waals surface area (Å²) in [4.78, 5) is 36.2.